The highest BCUT2D eigenvalue weighted by molar-refractivity contribution is 6.33. The Morgan fingerprint density at radius 3 is 2.82 bits per heavy atom. The Balaban J connectivity index is 2.04. The minimum Gasteiger partial charge on any atom is -0.385 e. The van der Waals surface area contributed by atoms with E-state index < -0.39 is 17.3 Å². The van der Waals surface area contributed by atoms with Gasteiger partial charge in [0.25, 0.3) is 5.91 Å². The molecule has 1 saturated heterocycles. The third-order valence-corrected chi connectivity index (χ3v) is 2.99. The van der Waals surface area contributed by atoms with E-state index in [4.69, 9.17) is 11.6 Å². The van der Waals surface area contributed by atoms with Crippen molar-refractivity contribution in [3.63, 3.8) is 0 Å². The molecule has 0 atom stereocenters. The average Bonchev–Trinajstić information content (AvgIpc) is 2.23. The zero-order valence-electron chi connectivity index (χ0n) is 8.96. The van der Waals surface area contributed by atoms with Gasteiger partial charge in [-0.2, -0.15) is 0 Å². The first kappa shape index (κ1) is 12.3. The maximum absolute atomic E-state index is 13.4. The van der Waals surface area contributed by atoms with E-state index in [0.717, 1.165) is 0 Å². The Hall–Kier alpha value is -1.17. The first-order valence-electron chi connectivity index (χ1n) is 5.17. The van der Waals surface area contributed by atoms with Crippen LogP contribution in [-0.2, 0) is 0 Å². The topological polar surface area (TPSA) is 61.4 Å². The van der Waals surface area contributed by atoms with Gasteiger partial charge in [0, 0.05) is 19.6 Å². The number of amides is 1. The monoisotopic (exact) mass is 258 g/mol. The summed E-state index contributed by atoms with van der Waals surface area (Å²) in [5, 5.41) is 15.2. The highest BCUT2D eigenvalue weighted by Crippen LogP contribution is 2.19. The van der Waals surface area contributed by atoms with E-state index in [1.165, 1.54) is 18.2 Å². The fourth-order valence-corrected chi connectivity index (χ4v) is 1.84. The quantitative estimate of drug-likeness (QED) is 0.742. The van der Waals surface area contributed by atoms with Crippen LogP contribution in [0.3, 0.4) is 0 Å². The molecular formula is C11H12ClFN2O2. The van der Waals surface area contributed by atoms with Crippen molar-refractivity contribution in [2.45, 2.75) is 5.60 Å². The summed E-state index contributed by atoms with van der Waals surface area (Å²) in [6.45, 7) is 0.903. The number of carbonyl (C=O) groups is 1. The molecule has 0 unspecified atom stereocenters. The van der Waals surface area contributed by atoms with Gasteiger partial charge in [0.15, 0.2) is 0 Å². The minimum absolute atomic E-state index is 0.0567. The van der Waals surface area contributed by atoms with Gasteiger partial charge in [0.2, 0.25) is 0 Å². The molecule has 1 amide bonds. The van der Waals surface area contributed by atoms with Crippen LogP contribution in [0, 0.1) is 5.82 Å². The van der Waals surface area contributed by atoms with E-state index in [9.17, 15) is 14.3 Å². The number of hydrogen-bond donors (Lipinski definition) is 3. The van der Waals surface area contributed by atoms with E-state index >= 15 is 0 Å². The number of halogens is 2. The Kier molecular flexibility index (Phi) is 3.33. The first-order chi connectivity index (χ1) is 8.02. The van der Waals surface area contributed by atoms with Crippen LogP contribution in [0.15, 0.2) is 18.2 Å². The van der Waals surface area contributed by atoms with E-state index in [2.05, 4.69) is 10.6 Å². The van der Waals surface area contributed by atoms with Crippen LogP contribution in [-0.4, -0.2) is 36.2 Å². The standard InChI is InChI=1S/C11H12ClFN2O2/c12-7-2-1-3-8(13)9(7)10(16)15-6-11(17)4-14-5-11/h1-3,14,17H,4-6H2,(H,15,16). The molecule has 1 aliphatic rings. The molecule has 4 nitrogen and oxygen atoms in total. The number of carbonyl (C=O) groups excluding carboxylic acids is 1. The summed E-state index contributed by atoms with van der Waals surface area (Å²) in [4.78, 5) is 11.7. The molecule has 2 rings (SSSR count). The lowest BCUT2D eigenvalue weighted by Crippen LogP contribution is -2.64. The Morgan fingerprint density at radius 2 is 2.29 bits per heavy atom. The van der Waals surface area contributed by atoms with Crippen molar-refractivity contribution in [3.8, 4) is 0 Å². The molecule has 17 heavy (non-hydrogen) atoms. The Morgan fingerprint density at radius 1 is 1.59 bits per heavy atom. The number of benzene rings is 1. The van der Waals surface area contributed by atoms with Crippen LogP contribution in [0.2, 0.25) is 5.02 Å². The SMILES string of the molecule is O=C(NCC1(O)CNC1)c1c(F)cccc1Cl. The summed E-state index contributed by atoms with van der Waals surface area (Å²) < 4.78 is 13.4. The molecule has 1 aliphatic heterocycles. The van der Waals surface area contributed by atoms with Crippen LogP contribution in [0.5, 0.6) is 0 Å². The number of β-amino-alcohol motifs (C(OH)–C–C–N with tert-alkyl or cyclic N) is 1. The summed E-state index contributed by atoms with van der Waals surface area (Å²) in [7, 11) is 0. The number of aliphatic hydroxyl groups is 1. The van der Waals surface area contributed by atoms with Crippen LogP contribution < -0.4 is 10.6 Å². The molecule has 1 aromatic rings. The van der Waals surface area contributed by atoms with Crippen LogP contribution in [0.25, 0.3) is 0 Å². The number of nitrogens with one attached hydrogen (secondary N) is 2. The summed E-state index contributed by atoms with van der Waals surface area (Å²) in [6, 6.07) is 4.04. The van der Waals surface area contributed by atoms with E-state index in [1.54, 1.807) is 0 Å². The molecule has 1 heterocycles. The van der Waals surface area contributed by atoms with Crippen molar-refractivity contribution >= 4 is 17.5 Å². The predicted molar refractivity (Wildman–Crippen MR) is 61.6 cm³/mol. The lowest BCUT2D eigenvalue weighted by Gasteiger charge is -2.37. The van der Waals surface area contributed by atoms with Crippen molar-refractivity contribution in [1.29, 1.82) is 0 Å². The Bertz CT molecular complexity index is 429. The van der Waals surface area contributed by atoms with Crippen LogP contribution in [0.4, 0.5) is 4.39 Å². The molecule has 1 aromatic carbocycles. The highest BCUT2D eigenvalue weighted by Gasteiger charge is 2.34. The third kappa shape index (κ3) is 2.57. The molecule has 0 aromatic heterocycles. The maximum Gasteiger partial charge on any atom is 0.255 e. The lowest BCUT2D eigenvalue weighted by molar-refractivity contribution is -0.00763. The molecule has 0 bridgehead atoms. The van der Waals surface area contributed by atoms with Gasteiger partial charge < -0.3 is 15.7 Å². The fourth-order valence-electron chi connectivity index (χ4n) is 1.59. The van der Waals surface area contributed by atoms with E-state index in [0.29, 0.717) is 13.1 Å². The van der Waals surface area contributed by atoms with E-state index in [-0.39, 0.29) is 17.1 Å². The molecule has 1 fully saturated rings. The largest absolute Gasteiger partial charge is 0.385 e. The van der Waals surface area contributed by atoms with Crippen molar-refractivity contribution < 1.29 is 14.3 Å². The van der Waals surface area contributed by atoms with Gasteiger partial charge in [-0.1, -0.05) is 17.7 Å². The molecule has 0 radical (unpaired) electrons. The fraction of sp³-hybridized carbons (Fsp3) is 0.364. The number of hydrogen-bond acceptors (Lipinski definition) is 3. The second-order valence-electron chi connectivity index (χ2n) is 4.11. The average molecular weight is 259 g/mol. The lowest BCUT2D eigenvalue weighted by atomic mass is 9.97. The van der Waals surface area contributed by atoms with Crippen molar-refractivity contribution in [2.75, 3.05) is 19.6 Å². The van der Waals surface area contributed by atoms with E-state index in [1.807, 2.05) is 0 Å². The van der Waals surface area contributed by atoms with Gasteiger partial charge in [-0.3, -0.25) is 4.79 Å². The molecule has 0 spiro atoms. The molecular weight excluding hydrogens is 247 g/mol. The second kappa shape index (κ2) is 4.60. The number of rotatable bonds is 3. The van der Waals surface area contributed by atoms with Gasteiger partial charge in [0.05, 0.1) is 10.6 Å². The van der Waals surface area contributed by atoms with Gasteiger partial charge in [0.1, 0.15) is 11.4 Å². The molecule has 92 valence electrons. The molecule has 0 saturated carbocycles. The summed E-state index contributed by atoms with van der Waals surface area (Å²) in [6.07, 6.45) is 0. The molecule has 6 heteroatoms. The zero-order chi connectivity index (χ0) is 12.5. The zero-order valence-corrected chi connectivity index (χ0v) is 9.72. The van der Waals surface area contributed by atoms with Crippen molar-refractivity contribution in [3.05, 3.63) is 34.6 Å². The van der Waals surface area contributed by atoms with Crippen molar-refractivity contribution in [2.24, 2.45) is 0 Å². The highest BCUT2D eigenvalue weighted by atomic mass is 35.5. The Labute approximate surface area is 103 Å². The predicted octanol–water partition coefficient (Wildman–Crippen LogP) is 0.543. The van der Waals surface area contributed by atoms with Crippen LogP contribution >= 0.6 is 11.6 Å². The maximum atomic E-state index is 13.4. The summed E-state index contributed by atoms with van der Waals surface area (Å²) in [5.74, 6) is -1.29. The smallest absolute Gasteiger partial charge is 0.255 e. The summed E-state index contributed by atoms with van der Waals surface area (Å²) in [5.41, 5.74) is -1.13. The summed E-state index contributed by atoms with van der Waals surface area (Å²) >= 11 is 5.75. The molecule has 3 N–H and O–H groups in total. The normalized spacial score (nSPS) is 17.4. The van der Waals surface area contributed by atoms with Gasteiger partial charge >= 0.3 is 0 Å². The van der Waals surface area contributed by atoms with Crippen LogP contribution in [0.1, 0.15) is 10.4 Å². The first-order valence-corrected chi connectivity index (χ1v) is 5.55. The van der Waals surface area contributed by atoms with Gasteiger partial charge in [-0.05, 0) is 12.1 Å². The third-order valence-electron chi connectivity index (χ3n) is 2.68. The minimum atomic E-state index is -0.937. The molecule has 0 aliphatic carbocycles. The second-order valence-corrected chi connectivity index (χ2v) is 4.51. The van der Waals surface area contributed by atoms with Gasteiger partial charge in [-0.15, -0.1) is 0 Å². The van der Waals surface area contributed by atoms with Crippen molar-refractivity contribution in [1.82, 2.24) is 10.6 Å². The van der Waals surface area contributed by atoms with Gasteiger partial charge in [-0.25, -0.2) is 4.39 Å².